The fourth-order valence-electron chi connectivity index (χ4n) is 2.44. The molecule has 2 heterocycles. The van der Waals surface area contributed by atoms with E-state index in [4.69, 9.17) is 0 Å². The number of nitrogens with one attached hydrogen (secondary N) is 1. The lowest BCUT2D eigenvalue weighted by Gasteiger charge is -2.34. The molecule has 1 aliphatic rings. The van der Waals surface area contributed by atoms with E-state index in [2.05, 4.69) is 15.3 Å². The van der Waals surface area contributed by atoms with Crippen molar-refractivity contribution in [2.75, 3.05) is 18.5 Å². The third-order valence-electron chi connectivity index (χ3n) is 3.44. The van der Waals surface area contributed by atoms with Crippen LogP contribution >= 0.6 is 0 Å². The predicted molar refractivity (Wildman–Crippen MR) is 70.8 cm³/mol. The Morgan fingerprint density at radius 3 is 2.71 bits per heavy atom. The highest BCUT2D eigenvalue weighted by Gasteiger charge is 2.36. The number of aryl methyl sites for hydroxylation is 1. The maximum absolute atomic E-state index is 12.8. The van der Waals surface area contributed by atoms with Crippen LogP contribution in [0.1, 0.15) is 30.7 Å². The zero-order valence-corrected chi connectivity index (χ0v) is 11.9. The maximum Gasteiger partial charge on any atom is 0.433 e. The minimum Gasteiger partial charge on any atom is -0.357 e. The first-order valence-corrected chi connectivity index (χ1v) is 6.74. The van der Waals surface area contributed by atoms with Crippen molar-refractivity contribution in [3.63, 3.8) is 0 Å². The zero-order valence-electron chi connectivity index (χ0n) is 11.9. The smallest absolute Gasteiger partial charge is 0.357 e. The topological polar surface area (TPSA) is 58.1 Å². The second-order valence-corrected chi connectivity index (χ2v) is 5.01. The fraction of sp³-hybridized carbons (Fsp3) is 0.615. The van der Waals surface area contributed by atoms with Crippen LogP contribution in [-0.4, -0.2) is 35.5 Å². The normalized spacial score (nSPS) is 19.5. The third kappa shape index (κ3) is 3.43. The van der Waals surface area contributed by atoms with Crippen LogP contribution in [0.2, 0.25) is 0 Å². The van der Waals surface area contributed by atoms with Crippen molar-refractivity contribution in [1.82, 2.24) is 15.3 Å². The molecular formula is C13H17F3N4O. The lowest BCUT2D eigenvalue weighted by molar-refractivity contribution is -0.141. The molecular weight excluding hydrogens is 285 g/mol. The molecule has 0 saturated carbocycles. The van der Waals surface area contributed by atoms with Crippen LogP contribution in [0.25, 0.3) is 0 Å². The van der Waals surface area contributed by atoms with Gasteiger partial charge in [0.2, 0.25) is 11.9 Å². The summed E-state index contributed by atoms with van der Waals surface area (Å²) in [4.78, 5) is 21.1. The number of carbonyl (C=O) groups is 1. The van der Waals surface area contributed by atoms with Crippen molar-refractivity contribution in [2.24, 2.45) is 0 Å². The minimum absolute atomic E-state index is 0.0318. The molecule has 1 aromatic rings. The van der Waals surface area contributed by atoms with E-state index in [-0.39, 0.29) is 17.5 Å². The molecule has 5 nitrogen and oxygen atoms in total. The molecule has 1 N–H and O–H groups in total. The summed E-state index contributed by atoms with van der Waals surface area (Å²) in [6.45, 7) is 1.96. The maximum atomic E-state index is 12.8. The molecule has 21 heavy (non-hydrogen) atoms. The van der Waals surface area contributed by atoms with Crippen LogP contribution in [0.5, 0.6) is 0 Å². The van der Waals surface area contributed by atoms with Crippen LogP contribution in [0.3, 0.4) is 0 Å². The van der Waals surface area contributed by atoms with Gasteiger partial charge in [-0.1, -0.05) is 0 Å². The standard InChI is InChI=1S/C13H17F3N4O/c1-8-7-10(13(14,15)16)19-12(18-8)20-6-4-3-5-9(20)11(21)17-2/h7,9H,3-6H2,1-2H3,(H,17,21). The summed E-state index contributed by atoms with van der Waals surface area (Å²) in [7, 11) is 1.51. The third-order valence-corrected chi connectivity index (χ3v) is 3.44. The summed E-state index contributed by atoms with van der Waals surface area (Å²) in [6, 6.07) is 0.383. The number of halogens is 3. The molecule has 1 amide bonds. The number of anilines is 1. The van der Waals surface area contributed by atoms with Crippen molar-refractivity contribution in [3.8, 4) is 0 Å². The van der Waals surface area contributed by atoms with E-state index in [1.165, 1.54) is 14.0 Å². The highest BCUT2D eigenvalue weighted by Crippen LogP contribution is 2.30. The van der Waals surface area contributed by atoms with E-state index in [1.54, 1.807) is 4.90 Å². The SMILES string of the molecule is CNC(=O)C1CCCCN1c1nc(C)cc(C(F)(F)F)n1. The van der Waals surface area contributed by atoms with Crippen molar-refractivity contribution >= 4 is 11.9 Å². The average molecular weight is 302 g/mol. The van der Waals surface area contributed by atoms with Gasteiger partial charge < -0.3 is 10.2 Å². The molecule has 1 fully saturated rings. The number of likely N-dealkylation sites (N-methyl/N-ethyl adjacent to an activating group) is 1. The van der Waals surface area contributed by atoms with Gasteiger partial charge in [-0.25, -0.2) is 9.97 Å². The van der Waals surface area contributed by atoms with Crippen molar-refractivity contribution in [1.29, 1.82) is 0 Å². The Kier molecular flexibility index (Phi) is 4.34. The summed E-state index contributed by atoms with van der Waals surface area (Å²) >= 11 is 0. The highest BCUT2D eigenvalue weighted by molar-refractivity contribution is 5.84. The Bertz CT molecular complexity index is 533. The number of piperidine rings is 1. The molecule has 1 unspecified atom stereocenters. The lowest BCUT2D eigenvalue weighted by Crippen LogP contribution is -2.49. The van der Waals surface area contributed by atoms with E-state index >= 15 is 0 Å². The van der Waals surface area contributed by atoms with Gasteiger partial charge >= 0.3 is 6.18 Å². The monoisotopic (exact) mass is 302 g/mol. The number of aromatic nitrogens is 2. The molecule has 0 aromatic carbocycles. The molecule has 1 saturated heterocycles. The summed E-state index contributed by atoms with van der Waals surface area (Å²) in [6.07, 6.45) is -2.29. The van der Waals surface area contributed by atoms with Gasteiger partial charge in [0.15, 0.2) is 0 Å². The quantitative estimate of drug-likeness (QED) is 0.906. The zero-order chi connectivity index (χ0) is 15.6. The minimum atomic E-state index is -4.53. The van der Waals surface area contributed by atoms with Gasteiger partial charge in [0.05, 0.1) is 0 Å². The lowest BCUT2D eigenvalue weighted by atomic mass is 10.0. The molecule has 1 aliphatic heterocycles. The number of alkyl halides is 3. The van der Waals surface area contributed by atoms with Crippen molar-refractivity contribution < 1.29 is 18.0 Å². The Morgan fingerprint density at radius 1 is 1.38 bits per heavy atom. The van der Waals surface area contributed by atoms with E-state index < -0.39 is 17.9 Å². The summed E-state index contributed by atoms with van der Waals surface area (Å²) in [5.74, 6) is -0.260. The second kappa shape index (κ2) is 5.87. The van der Waals surface area contributed by atoms with Crippen molar-refractivity contribution in [3.05, 3.63) is 17.5 Å². The molecule has 0 radical (unpaired) electrons. The van der Waals surface area contributed by atoms with Gasteiger partial charge in [-0.15, -0.1) is 0 Å². The van der Waals surface area contributed by atoms with Crippen LogP contribution in [0, 0.1) is 6.92 Å². The molecule has 0 spiro atoms. The Morgan fingerprint density at radius 2 is 2.10 bits per heavy atom. The molecule has 1 aromatic heterocycles. The van der Waals surface area contributed by atoms with Crippen LogP contribution in [0.4, 0.5) is 19.1 Å². The van der Waals surface area contributed by atoms with Crippen molar-refractivity contribution in [2.45, 2.75) is 38.4 Å². The van der Waals surface area contributed by atoms with E-state index in [1.807, 2.05) is 0 Å². The van der Waals surface area contributed by atoms with Gasteiger partial charge in [-0.2, -0.15) is 13.2 Å². The Hall–Kier alpha value is -1.86. The van der Waals surface area contributed by atoms with Gasteiger partial charge in [0.25, 0.3) is 0 Å². The largest absolute Gasteiger partial charge is 0.433 e. The first-order chi connectivity index (χ1) is 9.82. The number of hydrogen-bond donors (Lipinski definition) is 1. The fourth-order valence-corrected chi connectivity index (χ4v) is 2.44. The van der Waals surface area contributed by atoms with Gasteiger partial charge in [0, 0.05) is 19.3 Å². The van der Waals surface area contributed by atoms with Gasteiger partial charge in [-0.3, -0.25) is 4.79 Å². The first kappa shape index (κ1) is 15.5. The first-order valence-electron chi connectivity index (χ1n) is 6.74. The van der Waals surface area contributed by atoms with E-state index in [9.17, 15) is 18.0 Å². The Balaban J connectivity index is 2.39. The van der Waals surface area contributed by atoms with E-state index in [0.29, 0.717) is 13.0 Å². The summed E-state index contributed by atoms with van der Waals surface area (Å²) in [5.41, 5.74) is -0.750. The van der Waals surface area contributed by atoms with Crippen LogP contribution in [0.15, 0.2) is 6.07 Å². The highest BCUT2D eigenvalue weighted by atomic mass is 19.4. The van der Waals surface area contributed by atoms with E-state index in [0.717, 1.165) is 18.9 Å². The van der Waals surface area contributed by atoms with Crippen LogP contribution < -0.4 is 10.2 Å². The predicted octanol–water partition coefficient (Wildman–Crippen LogP) is 1.91. The summed E-state index contributed by atoms with van der Waals surface area (Å²) < 4.78 is 38.5. The summed E-state index contributed by atoms with van der Waals surface area (Å²) in [5, 5.41) is 2.54. The number of carbonyl (C=O) groups excluding carboxylic acids is 1. The molecule has 1 atom stereocenters. The van der Waals surface area contributed by atoms with Crippen LogP contribution in [-0.2, 0) is 11.0 Å². The number of amides is 1. The average Bonchev–Trinajstić information content (AvgIpc) is 2.45. The molecule has 0 aliphatic carbocycles. The molecule has 2 rings (SSSR count). The number of hydrogen-bond acceptors (Lipinski definition) is 4. The molecule has 0 bridgehead atoms. The number of nitrogens with zero attached hydrogens (tertiary/aromatic N) is 3. The van der Waals surface area contributed by atoms with Gasteiger partial charge in [0.1, 0.15) is 11.7 Å². The molecule has 116 valence electrons. The Labute approximate surface area is 120 Å². The molecule has 8 heteroatoms. The second-order valence-electron chi connectivity index (χ2n) is 5.01. The van der Waals surface area contributed by atoms with Gasteiger partial charge in [-0.05, 0) is 32.3 Å². The number of rotatable bonds is 2.